The lowest BCUT2D eigenvalue weighted by Crippen LogP contribution is -1.97. The zero-order valence-electron chi connectivity index (χ0n) is 8.63. The highest BCUT2D eigenvalue weighted by molar-refractivity contribution is 7.85. The van der Waals surface area contributed by atoms with Crippen molar-refractivity contribution >= 4 is 12.6 Å². The fourth-order valence-corrected chi connectivity index (χ4v) is 1.10. The molecule has 78 valence electrons. The van der Waals surface area contributed by atoms with Crippen molar-refractivity contribution in [3.05, 3.63) is 0 Å². The lowest BCUT2D eigenvalue weighted by molar-refractivity contribution is 0.593. The molecular formula is C10H22N2S. The van der Waals surface area contributed by atoms with Crippen LogP contribution in [-0.4, -0.2) is 6.54 Å². The van der Waals surface area contributed by atoms with E-state index in [2.05, 4.69) is 19.6 Å². The smallest absolute Gasteiger partial charge is 0.130 e. The van der Waals surface area contributed by atoms with Gasteiger partial charge in [0.05, 0.1) is 0 Å². The second kappa shape index (κ2) is 17.8. The van der Waals surface area contributed by atoms with Crippen molar-refractivity contribution in [1.29, 1.82) is 5.26 Å². The molecule has 2 nitrogen and oxygen atoms in total. The third kappa shape index (κ3) is 24.5. The van der Waals surface area contributed by atoms with Crippen molar-refractivity contribution in [3.63, 3.8) is 0 Å². The molecule has 0 atom stereocenters. The Hall–Kier alpha value is -0.200. The number of nitrogens with two attached hydrogens (primary N) is 1. The number of rotatable bonds is 7. The summed E-state index contributed by atoms with van der Waals surface area (Å²) >= 11 is 3.09. The Morgan fingerprint density at radius 3 is 1.85 bits per heavy atom. The average molecular weight is 202 g/mol. The van der Waals surface area contributed by atoms with Crippen LogP contribution < -0.4 is 5.73 Å². The van der Waals surface area contributed by atoms with Gasteiger partial charge in [0.25, 0.3) is 0 Å². The summed E-state index contributed by atoms with van der Waals surface area (Å²) in [5.41, 5.74) is 5.37. The molecule has 0 aliphatic rings. The zero-order chi connectivity index (χ0) is 10.4. The molecule has 0 aromatic heterocycles. The SMILES string of the molecule is CCCCCCCCCN.N#CS. The van der Waals surface area contributed by atoms with Crippen LogP contribution in [0.2, 0.25) is 0 Å². The van der Waals surface area contributed by atoms with Crippen LogP contribution in [0.15, 0.2) is 0 Å². The molecule has 0 aliphatic heterocycles. The Labute approximate surface area is 87.9 Å². The van der Waals surface area contributed by atoms with E-state index in [9.17, 15) is 0 Å². The van der Waals surface area contributed by atoms with E-state index in [4.69, 9.17) is 11.0 Å². The monoisotopic (exact) mass is 202 g/mol. The predicted octanol–water partition coefficient (Wildman–Crippen LogP) is 3.09. The van der Waals surface area contributed by atoms with Crippen molar-refractivity contribution in [2.45, 2.75) is 51.9 Å². The van der Waals surface area contributed by atoms with Crippen LogP contribution in [0, 0.1) is 10.7 Å². The van der Waals surface area contributed by atoms with Gasteiger partial charge in [-0.2, -0.15) is 5.26 Å². The molecule has 13 heavy (non-hydrogen) atoms. The van der Waals surface area contributed by atoms with E-state index in [1.165, 1.54) is 50.3 Å². The van der Waals surface area contributed by atoms with Gasteiger partial charge in [-0.3, -0.25) is 0 Å². The third-order valence-electron chi connectivity index (χ3n) is 1.81. The second-order valence-corrected chi connectivity index (χ2v) is 3.21. The van der Waals surface area contributed by atoms with E-state index < -0.39 is 0 Å². The standard InChI is InChI=1S/C9H21N.CHNS/c1-2-3-4-5-6-7-8-9-10;2-1-3/h2-10H2,1H3;3H. The minimum absolute atomic E-state index is 0.869. The molecule has 0 saturated heterocycles. The molecule has 2 N–H and O–H groups in total. The van der Waals surface area contributed by atoms with E-state index in [-0.39, 0.29) is 0 Å². The molecule has 0 radical (unpaired) electrons. The van der Waals surface area contributed by atoms with Gasteiger partial charge in [0.1, 0.15) is 5.40 Å². The summed E-state index contributed by atoms with van der Waals surface area (Å²) in [5.74, 6) is 0. The molecule has 0 rings (SSSR count). The van der Waals surface area contributed by atoms with E-state index in [0.717, 1.165) is 6.54 Å². The first-order chi connectivity index (χ1) is 6.33. The lowest BCUT2D eigenvalue weighted by atomic mass is 10.1. The topological polar surface area (TPSA) is 49.8 Å². The van der Waals surface area contributed by atoms with Gasteiger partial charge in [-0.15, -0.1) is 0 Å². The molecule has 0 unspecified atom stereocenters. The summed E-state index contributed by atoms with van der Waals surface area (Å²) in [6.45, 7) is 3.12. The van der Waals surface area contributed by atoms with Crippen LogP contribution in [-0.2, 0) is 0 Å². The van der Waals surface area contributed by atoms with Gasteiger partial charge in [0.2, 0.25) is 0 Å². The van der Waals surface area contributed by atoms with E-state index in [1.54, 1.807) is 0 Å². The Bertz CT molecular complexity index is 102. The van der Waals surface area contributed by atoms with Crippen LogP contribution in [0.3, 0.4) is 0 Å². The molecule has 0 aromatic carbocycles. The summed E-state index contributed by atoms with van der Waals surface area (Å²) < 4.78 is 0. The number of nitrogens with zero attached hydrogens (tertiary/aromatic N) is 1. The predicted molar refractivity (Wildman–Crippen MR) is 61.6 cm³/mol. The van der Waals surface area contributed by atoms with Crippen LogP contribution in [0.5, 0.6) is 0 Å². The quantitative estimate of drug-likeness (QED) is 0.378. The number of hydrogen-bond donors (Lipinski definition) is 2. The van der Waals surface area contributed by atoms with Crippen LogP contribution in [0.4, 0.5) is 0 Å². The number of thiocyanates is 1. The Balaban J connectivity index is 0. The summed E-state index contributed by atoms with van der Waals surface area (Å²) in [5, 5.41) is 8.63. The molecule has 3 heteroatoms. The molecule has 0 bridgehead atoms. The first kappa shape index (κ1) is 15.3. The lowest BCUT2D eigenvalue weighted by Gasteiger charge is -1.97. The molecule has 0 heterocycles. The van der Waals surface area contributed by atoms with Gasteiger partial charge < -0.3 is 5.73 Å². The van der Waals surface area contributed by atoms with E-state index in [1.807, 2.05) is 0 Å². The van der Waals surface area contributed by atoms with Gasteiger partial charge in [-0.1, -0.05) is 58.1 Å². The first-order valence-electron chi connectivity index (χ1n) is 5.06. The highest BCUT2D eigenvalue weighted by Gasteiger charge is 1.87. The highest BCUT2D eigenvalue weighted by Crippen LogP contribution is 2.05. The van der Waals surface area contributed by atoms with Crippen LogP contribution in [0.25, 0.3) is 0 Å². The van der Waals surface area contributed by atoms with Crippen molar-refractivity contribution < 1.29 is 0 Å². The molecule has 0 amide bonds. The number of unbranched alkanes of at least 4 members (excludes halogenated alkanes) is 6. The molecule has 0 aromatic rings. The summed E-state index contributed by atoms with van der Waals surface area (Å²) in [7, 11) is 0. The van der Waals surface area contributed by atoms with Crippen molar-refractivity contribution in [3.8, 4) is 5.40 Å². The number of hydrogen-bond acceptors (Lipinski definition) is 3. The summed E-state index contributed by atoms with van der Waals surface area (Å²) in [6, 6.07) is 0. The molecule has 0 saturated carbocycles. The van der Waals surface area contributed by atoms with Crippen molar-refractivity contribution in [1.82, 2.24) is 0 Å². The van der Waals surface area contributed by atoms with Gasteiger partial charge in [0.15, 0.2) is 0 Å². The zero-order valence-corrected chi connectivity index (χ0v) is 9.52. The van der Waals surface area contributed by atoms with Gasteiger partial charge in [-0.05, 0) is 13.0 Å². The molecule has 0 aliphatic carbocycles. The first-order valence-corrected chi connectivity index (χ1v) is 5.51. The summed E-state index contributed by atoms with van der Waals surface area (Å²) in [4.78, 5) is 0. The van der Waals surface area contributed by atoms with Gasteiger partial charge in [-0.25, -0.2) is 0 Å². The number of thiol groups is 1. The molecule has 0 fully saturated rings. The minimum Gasteiger partial charge on any atom is -0.330 e. The fourth-order valence-electron chi connectivity index (χ4n) is 1.10. The second-order valence-electron chi connectivity index (χ2n) is 3.01. The third-order valence-corrected chi connectivity index (χ3v) is 1.81. The number of nitriles is 1. The molecular weight excluding hydrogens is 180 g/mol. The van der Waals surface area contributed by atoms with E-state index >= 15 is 0 Å². The maximum atomic E-state index is 7.18. The highest BCUT2D eigenvalue weighted by atomic mass is 32.1. The van der Waals surface area contributed by atoms with Crippen LogP contribution >= 0.6 is 12.6 Å². The minimum atomic E-state index is 0.869. The molecule has 0 spiro atoms. The van der Waals surface area contributed by atoms with Gasteiger partial charge >= 0.3 is 0 Å². The largest absolute Gasteiger partial charge is 0.330 e. The Kier molecular flexibility index (Phi) is 20.9. The average Bonchev–Trinajstić information content (AvgIpc) is 2.13. The van der Waals surface area contributed by atoms with Crippen molar-refractivity contribution in [2.24, 2.45) is 5.73 Å². The maximum absolute atomic E-state index is 7.18. The normalized spacial score (nSPS) is 8.46. The Morgan fingerprint density at radius 2 is 1.46 bits per heavy atom. The van der Waals surface area contributed by atoms with Crippen LogP contribution in [0.1, 0.15) is 51.9 Å². The summed E-state index contributed by atoms with van der Waals surface area (Å²) in [6.07, 6.45) is 9.51. The fraction of sp³-hybridized carbons (Fsp3) is 0.900. The maximum Gasteiger partial charge on any atom is 0.130 e. The van der Waals surface area contributed by atoms with Crippen molar-refractivity contribution in [2.75, 3.05) is 6.54 Å². The van der Waals surface area contributed by atoms with Gasteiger partial charge in [0, 0.05) is 0 Å². The van der Waals surface area contributed by atoms with E-state index in [0.29, 0.717) is 0 Å². The Morgan fingerprint density at radius 1 is 1.08 bits per heavy atom.